The highest BCUT2D eigenvalue weighted by Crippen LogP contribution is 2.24. The molecule has 0 aliphatic carbocycles. The molecule has 0 radical (unpaired) electrons. The zero-order chi connectivity index (χ0) is 19.9. The van der Waals surface area contributed by atoms with Gasteiger partial charge in [0.25, 0.3) is 0 Å². The number of nitrogens with zero attached hydrogens (tertiary/aromatic N) is 1. The number of pyridine rings is 1. The summed E-state index contributed by atoms with van der Waals surface area (Å²) in [6.45, 7) is 7.53. The summed E-state index contributed by atoms with van der Waals surface area (Å²) in [5.74, 6) is -0.264. The highest BCUT2D eigenvalue weighted by molar-refractivity contribution is 6.89. The number of rotatable bonds is 4. The maximum absolute atomic E-state index is 8.64. The molecule has 0 N–H and O–H groups in total. The monoisotopic (exact) mass is 302 g/mol. The minimum atomic E-state index is -2.33. The Morgan fingerprint density at radius 3 is 2.38 bits per heavy atom. The van der Waals surface area contributed by atoms with Crippen LogP contribution in [0, 0.1) is 12.8 Å². The minimum Gasteiger partial charge on any atom is -0.253 e. The van der Waals surface area contributed by atoms with Gasteiger partial charge < -0.3 is 0 Å². The topological polar surface area (TPSA) is 12.9 Å². The number of hydrogen-bond acceptors (Lipinski definition) is 1. The molecule has 0 fully saturated rings. The van der Waals surface area contributed by atoms with Gasteiger partial charge in [0.15, 0.2) is 0 Å². The van der Waals surface area contributed by atoms with Crippen molar-refractivity contribution in [3.8, 4) is 11.3 Å². The molecule has 1 heterocycles. The molecule has 2 heteroatoms. The Hall–Kier alpha value is -1.41. The number of hydrogen-bond donors (Lipinski definition) is 0. The largest absolute Gasteiger partial charge is 0.253 e. The number of aryl methyl sites for hydroxylation is 1. The summed E-state index contributed by atoms with van der Waals surface area (Å²) in [5.41, 5.74) is 1.75. The first kappa shape index (κ1) is 10.3. The van der Waals surface area contributed by atoms with Crippen LogP contribution >= 0.6 is 0 Å². The minimum absolute atomic E-state index is 0.110. The number of benzene rings is 1. The molecule has 0 bridgehead atoms. The summed E-state index contributed by atoms with van der Waals surface area (Å²) in [4.78, 5) is 4.56. The van der Waals surface area contributed by atoms with Crippen LogP contribution in [-0.4, -0.2) is 13.1 Å². The van der Waals surface area contributed by atoms with Gasteiger partial charge in [0.1, 0.15) is 0 Å². The first-order valence-electron chi connectivity index (χ1n) is 9.88. The predicted octanol–water partition coefficient (Wildman–Crippen LogP) is 4.80. The molecule has 2 aromatic rings. The van der Waals surface area contributed by atoms with Gasteiger partial charge in [0.05, 0.1) is 13.8 Å². The average Bonchev–Trinajstić information content (AvgIpc) is 2.52. The third-order valence-electron chi connectivity index (χ3n) is 3.32. The molecule has 0 saturated carbocycles. The lowest BCUT2D eigenvalue weighted by Gasteiger charge is -2.22. The van der Waals surface area contributed by atoms with Crippen molar-refractivity contribution in [2.24, 2.45) is 5.92 Å². The summed E-state index contributed by atoms with van der Waals surface area (Å²) in [7, 11) is -2.05. The second-order valence-corrected chi connectivity index (χ2v) is 11.7. The molecule has 0 aliphatic heterocycles. The fraction of sp³-hybridized carbons (Fsp3) is 0.421. The van der Waals surface area contributed by atoms with E-state index in [1.165, 1.54) is 0 Å². The van der Waals surface area contributed by atoms with Crippen LogP contribution in [0.2, 0.25) is 19.6 Å². The summed E-state index contributed by atoms with van der Waals surface area (Å²) < 4.78 is 41.2. The van der Waals surface area contributed by atoms with Gasteiger partial charge in [0.2, 0.25) is 0 Å². The first-order valence-corrected chi connectivity index (χ1v) is 10.9. The molecule has 112 valence electrons. The predicted molar refractivity (Wildman–Crippen MR) is 95.9 cm³/mol. The Kier molecular flexibility index (Phi) is 3.02. The maximum atomic E-state index is 8.64. The van der Waals surface area contributed by atoms with Crippen LogP contribution in [0.25, 0.3) is 11.3 Å². The van der Waals surface area contributed by atoms with Crippen molar-refractivity contribution < 1.29 is 6.85 Å². The van der Waals surface area contributed by atoms with E-state index in [-0.39, 0.29) is 11.6 Å². The van der Waals surface area contributed by atoms with Crippen LogP contribution < -0.4 is 5.19 Å². The Labute approximate surface area is 137 Å². The van der Waals surface area contributed by atoms with Gasteiger partial charge in [0, 0.05) is 18.1 Å². The zero-order valence-corrected chi connectivity index (χ0v) is 14.5. The summed E-state index contributed by atoms with van der Waals surface area (Å²) in [6.07, 6.45) is -1.61. The van der Waals surface area contributed by atoms with Crippen LogP contribution in [-0.2, 0) is 6.37 Å². The van der Waals surface area contributed by atoms with Gasteiger partial charge >= 0.3 is 0 Å². The van der Waals surface area contributed by atoms with Crippen molar-refractivity contribution in [3.05, 3.63) is 47.7 Å². The van der Waals surface area contributed by atoms with Crippen molar-refractivity contribution in [3.63, 3.8) is 0 Å². The molecule has 0 spiro atoms. The lowest BCUT2D eigenvalue weighted by atomic mass is 9.97. The first-order chi connectivity index (χ1) is 11.8. The summed E-state index contributed by atoms with van der Waals surface area (Å²) in [6, 6.07) is 11.1. The van der Waals surface area contributed by atoms with Crippen molar-refractivity contribution in [1.82, 2.24) is 4.98 Å². The third-order valence-corrected chi connectivity index (χ3v) is 5.32. The zero-order valence-electron chi connectivity index (χ0n) is 18.5. The van der Waals surface area contributed by atoms with Crippen molar-refractivity contribution >= 4 is 13.3 Å². The standard InChI is InChI=1S/C19H27NSi/c1-14(2)12-17-13-18(21(4,5)6)15(3)20-19(17)16-10-8-7-9-11-16/h7-11,13-14H,12H2,1-6H3/i3D3,12D2. The lowest BCUT2D eigenvalue weighted by Crippen LogP contribution is -2.40. The van der Waals surface area contributed by atoms with Crippen molar-refractivity contribution in [2.75, 3.05) is 0 Å². The fourth-order valence-electron chi connectivity index (χ4n) is 2.32. The van der Waals surface area contributed by atoms with Gasteiger partial charge in [-0.1, -0.05) is 69.9 Å². The molecule has 1 nitrogen and oxygen atoms in total. The highest BCUT2D eigenvalue weighted by Gasteiger charge is 2.22. The SMILES string of the molecule is [2H]C([2H])([2H])c1nc(-c2ccccc2)c(C([2H])([2H])C(C)C)cc1[Si](C)(C)C. The smallest absolute Gasteiger partial charge is 0.0799 e. The molecular formula is C19H27NSi. The fourth-order valence-corrected chi connectivity index (χ4v) is 3.67. The van der Waals surface area contributed by atoms with E-state index in [1.54, 1.807) is 6.07 Å². The second-order valence-electron chi connectivity index (χ2n) is 6.70. The van der Waals surface area contributed by atoms with E-state index in [0.717, 1.165) is 5.56 Å². The van der Waals surface area contributed by atoms with E-state index in [4.69, 9.17) is 6.85 Å². The van der Waals surface area contributed by atoms with Crippen LogP contribution in [0.4, 0.5) is 0 Å². The molecule has 0 atom stereocenters. The molecule has 1 aromatic heterocycles. The van der Waals surface area contributed by atoms with Gasteiger partial charge in [-0.25, -0.2) is 0 Å². The molecule has 0 unspecified atom stereocenters. The van der Waals surface area contributed by atoms with Crippen molar-refractivity contribution in [1.29, 1.82) is 0 Å². The van der Waals surface area contributed by atoms with Crippen LogP contribution in [0.15, 0.2) is 36.4 Å². The number of aromatic nitrogens is 1. The van der Waals surface area contributed by atoms with E-state index >= 15 is 0 Å². The van der Waals surface area contributed by atoms with Crippen LogP contribution in [0.3, 0.4) is 0 Å². The lowest BCUT2D eigenvalue weighted by molar-refractivity contribution is 0.647. The second kappa shape index (κ2) is 6.14. The van der Waals surface area contributed by atoms with Gasteiger partial charge in [-0.15, -0.1) is 0 Å². The quantitative estimate of drug-likeness (QED) is 0.739. The van der Waals surface area contributed by atoms with E-state index in [9.17, 15) is 0 Å². The average molecular weight is 303 g/mol. The van der Waals surface area contributed by atoms with E-state index < -0.39 is 21.3 Å². The molecule has 21 heavy (non-hydrogen) atoms. The van der Waals surface area contributed by atoms with Crippen LogP contribution in [0.5, 0.6) is 0 Å². The Morgan fingerprint density at radius 2 is 1.86 bits per heavy atom. The summed E-state index contributed by atoms with van der Waals surface area (Å²) >= 11 is 0. The van der Waals surface area contributed by atoms with Crippen LogP contribution in [0.1, 0.15) is 32.0 Å². The molecule has 0 amide bonds. The molecule has 1 aromatic carbocycles. The van der Waals surface area contributed by atoms with Gasteiger partial charge in [-0.2, -0.15) is 0 Å². The Morgan fingerprint density at radius 1 is 1.19 bits per heavy atom. The Bertz CT molecular complexity index is 777. The van der Waals surface area contributed by atoms with E-state index in [1.807, 2.05) is 44.2 Å². The summed E-state index contributed by atoms with van der Waals surface area (Å²) in [5, 5.41) is 0.705. The van der Waals surface area contributed by atoms with Gasteiger partial charge in [-0.3, -0.25) is 4.98 Å². The Balaban J connectivity index is 2.93. The third kappa shape index (κ3) is 3.82. The van der Waals surface area contributed by atoms with Crippen molar-refractivity contribution in [2.45, 2.75) is 46.7 Å². The molecule has 0 aliphatic rings. The molecule has 2 rings (SSSR count). The normalized spacial score (nSPS) is 16.8. The molecular weight excluding hydrogens is 270 g/mol. The van der Waals surface area contributed by atoms with E-state index in [2.05, 4.69) is 24.6 Å². The maximum Gasteiger partial charge on any atom is 0.0799 e. The van der Waals surface area contributed by atoms with E-state index in [0.29, 0.717) is 16.4 Å². The molecule has 0 saturated heterocycles. The van der Waals surface area contributed by atoms with Gasteiger partial charge in [-0.05, 0) is 29.9 Å². The highest BCUT2D eigenvalue weighted by atomic mass is 28.3.